The first-order valence-corrected chi connectivity index (χ1v) is 10.9. The number of ether oxygens (including phenoxy) is 1. The molecule has 0 saturated heterocycles. The maximum absolute atomic E-state index is 12.8. The predicted molar refractivity (Wildman–Crippen MR) is 126 cm³/mol. The lowest BCUT2D eigenvalue weighted by Crippen LogP contribution is -2.19. The minimum atomic E-state index is -0.528. The van der Waals surface area contributed by atoms with Crippen molar-refractivity contribution in [3.8, 4) is 5.75 Å². The average Bonchev–Trinajstić information content (AvgIpc) is 3.13. The van der Waals surface area contributed by atoms with Gasteiger partial charge in [-0.15, -0.1) is 0 Å². The summed E-state index contributed by atoms with van der Waals surface area (Å²) in [6.07, 6.45) is 1.69. The lowest BCUT2D eigenvalue weighted by molar-refractivity contribution is 0.100. The fourth-order valence-corrected chi connectivity index (χ4v) is 4.37. The second-order valence-electron chi connectivity index (χ2n) is 7.20. The summed E-state index contributed by atoms with van der Waals surface area (Å²) in [7, 11) is 0. The van der Waals surface area contributed by atoms with Crippen LogP contribution in [0.25, 0.3) is 10.9 Å². The van der Waals surface area contributed by atoms with Gasteiger partial charge in [0, 0.05) is 23.2 Å². The molecule has 4 N–H and O–H groups in total. The highest BCUT2D eigenvalue weighted by molar-refractivity contribution is 7.17. The number of carbonyl (C=O) groups excluding carboxylic acids is 1. The average molecular weight is 470 g/mol. The summed E-state index contributed by atoms with van der Waals surface area (Å²) in [6.45, 7) is 3.81. The van der Waals surface area contributed by atoms with E-state index in [2.05, 4.69) is 20.3 Å². The van der Waals surface area contributed by atoms with Gasteiger partial charge in [-0.25, -0.2) is 4.98 Å². The van der Waals surface area contributed by atoms with E-state index in [0.717, 1.165) is 22.4 Å². The maximum atomic E-state index is 12.8. The number of rotatable bonds is 7. The van der Waals surface area contributed by atoms with Crippen molar-refractivity contribution in [2.24, 2.45) is 5.73 Å². The Hall–Kier alpha value is -3.43. The van der Waals surface area contributed by atoms with Crippen molar-refractivity contribution in [1.29, 1.82) is 0 Å². The first kappa shape index (κ1) is 21.8. The van der Waals surface area contributed by atoms with Gasteiger partial charge in [-0.05, 0) is 38.1 Å². The lowest BCUT2D eigenvalue weighted by Gasteiger charge is -2.14. The molecule has 0 aliphatic heterocycles. The number of anilines is 1. The molecule has 1 atom stereocenters. The van der Waals surface area contributed by atoms with E-state index in [-0.39, 0.29) is 18.2 Å². The number of nitrogens with zero attached hydrogens (tertiary/aromatic N) is 2. The number of H-pyrrole nitrogens is 1. The number of fused-ring (bicyclic) bond motifs is 1. The Bertz CT molecular complexity index is 1350. The molecule has 0 fully saturated rings. The molecule has 10 heteroatoms. The number of thiazole rings is 1. The number of aromatic nitrogens is 3. The normalized spacial score (nSPS) is 12.0. The summed E-state index contributed by atoms with van der Waals surface area (Å²) >= 11 is 7.57. The number of nitrogens with one attached hydrogen (secondary N) is 2. The van der Waals surface area contributed by atoms with Gasteiger partial charge < -0.3 is 20.8 Å². The molecule has 0 saturated carbocycles. The molecule has 3 heterocycles. The summed E-state index contributed by atoms with van der Waals surface area (Å²) in [5.74, 6) is -0.0726. The number of aryl methyl sites for hydroxylation is 1. The Labute approximate surface area is 192 Å². The molecule has 4 aromatic rings. The van der Waals surface area contributed by atoms with E-state index < -0.39 is 5.91 Å². The molecule has 164 valence electrons. The second-order valence-corrected chi connectivity index (χ2v) is 8.60. The van der Waals surface area contributed by atoms with Gasteiger partial charge in [0.2, 0.25) is 0 Å². The molecule has 0 aliphatic carbocycles. The van der Waals surface area contributed by atoms with Crippen LogP contribution < -0.4 is 21.3 Å². The van der Waals surface area contributed by atoms with Crippen molar-refractivity contribution in [1.82, 2.24) is 15.0 Å². The number of benzene rings is 1. The third-order valence-electron chi connectivity index (χ3n) is 4.85. The van der Waals surface area contributed by atoms with Gasteiger partial charge in [0.1, 0.15) is 17.2 Å². The Morgan fingerprint density at radius 3 is 2.84 bits per heavy atom. The van der Waals surface area contributed by atoms with Crippen molar-refractivity contribution in [2.45, 2.75) is 26.5 Å². The smallest absolute Gasteiger partial charge is 0.260 e. The Morgan fingerprint density at radius 1 is 1.34 bits per heavy atom. The highest BCUT2D eigenvalue weighted by Crippen LogP contribution is 2.31. The molecular weight excluding hydrogens is 450 g/mol. The van der Waals surface area contributed by atoms with Crippen molar-refractivity contribution in [2.75, 3.05) is 5.32 Å². The number of primary amides is 1. The number of nitrogens with two attached hydrogens (primary N) is 1. The van der Waals surface area contributed by atoms with Gasteiger partial charge >= 0.3 is 0 Å². The lowest BCUT2D eigenvalue weighted by atomic mass is 10.1. The standard InChI is InChI=1S/C22H20ClN5O3S/c1-11(26-22-27-12(2)19(32-22)20(24)29)15-7-13-8-16(23)18(9-17(13)28-21(15)30)31-10-14-5-3-4-6-25-14/h3-9,11H,10H2,1-2H3,(H2,24,29)(H,26,27)(H,28,30)/t11-/m0/s1. The van der Waals surface area contributed by atoms with Crippen LogP contribution in [0.1, 0.15) is 39.6 Å². The zero-order chi connectivity index (χ0) is 22.8. The molecule has 1 amide bonds. The first-order valence-electron chi connectivity index (χ1n) is 9.74. The van der Waals surface area contributed by atoms with E-state index in [0.29, 0.717) is 37.6 Å². The van der Waals surface area contributed by atoms with Crippen molar-refractivity contribution in [3.63, 3.8) is 0 Å². The summed E-state index contributed by atoms with van der Waals surface area (Å²) in [6, 6.07) is 10.4. The molecule has 0 bridgehead atoms. The molecule has 8 nitrogen and oxygen atoms in total. The number of aromatic amines is 1. The van der Waals surface area contributed by atoms with Crippen LogP contribution in [0.3, 0.4) is 0 Å². The molecule has 1 aromatic carbocycles. The van der Waals surface area contributed by atoms with Crippen LogP contribution in [0.15, 0.2) is 47.4 Å². The van der Waals surface area contributed by atoms with E-state index in [1.54, 1.807) is 31.3 Å². The van der Waals surface area contributed by atoms with E-state index in [4.69, 9.17) is 22.1 Å². The van der Waals surface area contributed by atoms with Crippen LogP contribution in [0.4, 0.5) is 5.13 Å². The Balaban J connectivity index is 1.58. The van der Waals surface area contributed by atoms with Crippen LogP contribution in [0.5, 0.6) is 5.75 Å². The minimum Gasteiger partial charge on any atom is -0.486 e. The van der Waals surface area contributed by atoms with Crippen molar-refractivity contribution >= 4 is 44.9 Å². The van der Waals surface area contributed by atoms with Gasteiger partial charge in [0.15, 0.2) is 5.13 Å². The number of amides is 1. The highest BCUT2D eigenvalue weighted by atomic mass is 35.5. The number of hydrogen-bond donors (Lipinski definition) is 3. The Morgan fingerprint density at radius 2 is 2.16 bits per heavy atom. The monoisotopic (exact) mass is 469 g/mol. The molecule has 32 heavy (non-hydrogen) atoms. The van der Waals surface area contributed by atoms with Crippen LogP contribution in [-0.4, -0.2) is 20.9 Å². The summed E-state index contributed by atoms with van der Waals surface area (Å²) in [4.78, 5) is 36.0. The summed E-state index contributed by atoms with van der Waals surface area (Å²) < 4.78 is 5.79. The third kappa shape index (κ3) is 4.58. The highest BCUT2D eigenvalue weighted by Gasteiger charge is 2.17. The molecule has 3 aromatic heterocycles. The molecule has 0 unspecified atom stereocenters. The van der Waals surface area contributed by atoms with E-state index in [9.17, 15) is 9.59 Å². The fourth-order valence-electron chi connectivity index (χ4n) is 3.24. The largest absolute Gasteiger partial charge is 0.486 e. The molecule has 4 rings (SSSR count). The van der Waals surface area contributed by atoms with Gasteiger partial charge in [0.05, 0.1) is 28.0 Å². The van der Waals surface area contributed by atoms with E-state index in [1.165, 1.54) is 0 Å². The number of carbonyl (C=O) groups is 1. The van der Waals surface area contributed by atoms with Gasteiger partial charge in [0.25, 0.3) is 11.5 Å². The van der Waals surface area contributed by atoms with E-state index in [1.807, 2.05) is 25.1 Å². The zero-order valence-electron chi connectivity index (χ0n) is 17.3. The number of hydrogen-bond acceptors (Lipinski definition) is 7. The number of halogens is 1. The topological polar surface area (TPSA) is 123 Å². The molecule has 0 aliphatic rings. The maximum Gasteiger partial charge on any atom is 0.260 e. The van der Waals surface area contributed by atoms with Crippen LogP contribution in [0, 0.1) is 6.92 Å². The quantitative estimate of drug-likeness (QED) is 0.373. The van der Waals surface area contributed by atoms with Crippen molar-refractivity contribution < 1.29 is 9.53 Å². The van der Waals surface area contributed by atoms with Crippen LogP contribution in [-0.2, 0) is 6.61 Å². The van der Waals surface area contributed by atoms with Gasteiger partial charge in [-0.2, -0.15) is 0 Å². The van der Waals surface area contributed by atoms with Crippen LogP contribution in [0.2, 0.25) is 5.02 Å². The SMILES string of the molecule is Cc1nc(N[C@@H](C)c2cc3cc(Cl)c(OCc4ccccn4)cc3[nH]c2=O)sc1C(N)=O. The van der Waals surface area contributed by atoms with Crippen LogP contribution >= 0.6 is 22.9 Å². The van der Waals surface area contributed by atoms with Crippen molar-refractivity contribution in [3.05, 3.63) is 79.8 Å². The van der Waals surface area contributed by atoms with Gasteiger partial charge in [-0.1, -0.05) is 29.0 Å². The predicted octanol–water partition coefficient (Wildman–Crippen LogP) is 4.19. The minimum absolute atomic E-state index is 0.251. The number of pyridine rings is 2. The molecule has 0 radical (unpaired) electrons. The summed E-state index contributed by atoms with van der Waals surface area (Å²) in [5, 5.41) is 4.86. The fraction of sp³-hybridized carbons (Fsp3) is 0.182. The van der Waals surface area contributed by atoms with E-state index >= 15 is 0 Å². The third-order valence-corrected chi connectivity index (χ3v) is 6.25. The van der Waals surface area contributed by atoms with Gasteiger partial charge in [-0.3, -0.25) is 14.6 Å². The second kappa shape index (κ2) is 8.97. The molecular formula is C22H20ClN5O3S. The summed E-state index contributed by atoms with van der Waals surface area (Å²) in [5.41, 5.74) is 7.54. The Kier molecular flexibility index (Phi) is 6.11. The first-order chi connectivity index (χ1) is 15.3. The molecule has 0 spiro atoms. The zero-order valence-corrected chi connectivity index (χ0v) is 18.9.